The van der Waals surface area contributed by atoms with Crippen molar-refractivity contribution in [2.24, 2.45) is 17.8 Å². The number of nitrogens with one attached hydrogen (secondary N) is 1. The first kappa shape index (κ1) is 13.0. The van der Waals surface area contributed by atoms with E-state index in [0.717, 1.165) is 29.8 Å². The van der Waals surface area contributed by atoms with Crippen molar-refractivity contribution < 1.29 is 0 Å². The van der Waals surface area contributed by atoms with Gasteiger partial charge in [-0.1, -0.05) is 39.0 Å². The second-order valence-corrected chi connectivity index (χ2v) is 7.35. The summed E-state index contributed by atoms with van der Waals surface area (Å²) in [5, 5.41) is 4.06. The molecular weight excluding hydrogens is 218 g/mol. The van der Waals surface area contributed by atoms with Crippen LogP contribution in [-0.4, -0.2) is 12.1 Å². The van der Waals surface area contributed by atoms with Crippen molar-refractivity contribution in [1.82, 2.24) is 5.32 Å². The molecule has 1 N–H and O–H groups in total. The standard InChI is InChI=1S/C17H31N/c1-13-6-3-2-4-9-17(13)18-16-8-5-7-15(12-16)14-10-11-14/h13-18H,2-12H2,1H3. The fourth-order valence-corrected chi connectivity index (χ4v) is 4.42. The van der Waals surface area contributed by atoms with Crippen LogP contribution in [0.5, 0.6) is 0 Å². The largest absolute Gasteiger partial charge is 0.311 e. The predicted molar refractivity (Wildman–Crippen MR) is 77.6 cm³/mol. The molecule has 1 heteroatoms. The molecule has 0 amide bonds. The highest BCUT2D eigenvalue weighted by Gasteiger charge is 2.35. The van der Waals surface area contributed by atoms with Crippen LogP contribution in [0, 0.1) is 17.8 Å². The maximum absolute atomic E-state index is 4.06. The number of hydrogen-bond donors (Lipinski definition) is 1. The Labute approximate surface area is 113 Å². The van der Waals surface area contributed by atoms with Gasteiger partial charge in [0.25, 0.3) is 0 Å². The zero-order chi connectivity index (χ0) is 12.4. The Morgan fingerprint density at radius 2 is 1.56 bits per heavy atom. The van der Waals surface area contributed by atoms with Gasteiger partial charge in [-0.2, -0.15) is 0 Å². The second-order valence-electron chi connectivity index (χ2n) is 7.35. The first-order valence-corrected chi connectivity index (χ1v) is 8.59. The van der Waals surface area contributed by atoms with Gasteiger partial charge in [-0.05, 0) is 56.3 Å². The van der Waals surface area contributed by atoms with Gasteiger partial charge in [-0.3, -0.25) is 0 Å². The van der Waals surface area contributed by atoms with Crippen LogP contribution >= 0.6 is 0 Å². The molecule has 0 spiro atoms. The van der Waals surface area contributed by atoms with Crippen LogP contribution in [0.2, 0.25) is 0 Å². The molecule has 3 fully saturated rings. The maximum atomic E-state index is 4.06. The van der Waals surface area contributed by atoms with Gasteiger partial charge in [0.05, 0.1) is 0 Å². The molecule has 18 heavy (non-hydrogen) atoms. The highest BCUT2D eigenvalue weighted by Crippen LogP contribution is 2.44. The summed E-state index contributed by atoms with van der Waals surface area (Å²) < 4.78 is 0. The summed E-state index contributed by atoms with van der Waals surface area (Å²) in [6.45, 7) is 2.48. The number of rotatable bonds is 3. The zero-order valence-electron chi connectivity index (χ0n) is 12.2. The van der Waals surface area contributed by atoms with E-state index in [-0.39, 0.29) is 0 Å². The molecule has 0 aromatic rings. The minimum absolute atomic E-state index is 0.829. The fourth-order valence-electron chi connectivity index (χ4n) is 4.42. The van der Waals surface area contributed by atoms with E-state index in [0.29, 0.717) is 0 Å². The van der Waals surface area contributed by atoms with Crippen LogP contribution < -0.4 is 5.32 Å². The first-order valence-electron chi connectivity index (χ1n) is 8.59. The number of hydrogen-bond acceptors (Lipinski definition) is 1. The van der Waals surface area contributed by atoms with Gasteiger partial charge < -0.3 is 5.32 Å². The summed E-state index contributed by atoms with van der Waals surface area (Å²) in [6.07, 6.45) is 16.3. The van der Waals surface area contributed by atoms with Gasteiger partial charge >= 0.3 is 0 Å². The summed E-state index contributed by atoms with van der Waals surface area (Å²) in [5.41, 5.74) is 0. The predicted octanol–water partition coefficient (Wildman–Crippen LogP) is 4.51. The molecule has 0 radical (unpaired) electrons. The molecule has 0 saturated heterocycles. The van der Waals surface area contributed by atoms with Crippen molar-refractivity contribution in [3.05, 3.63) is 0 Å². The van der Waals surface area contributed by atoms with Crippen LogP contribution in [0.1, 0.15) is 77.6 Å². The molecule has 3 aliphatic rings. The lowest BCUT2D eigenvalue weighted by Gasteiger charge is -2.34. The van der Waals surface area contributed by atoms with Gasteiger partial charge in [0, 0.05) is 12.1 Å². The van der Waals surface area contributed by atoms with Gasteiger partial charge in [-0.15, -0.1) is 0 Å². The van der Waals surface area contributed by atoms with E-state index in [4.69, 9.17) is 0 Å². The average molecular weight is 249 g/mol. The van der Waals surface area contributed by atoms with Crippen molar-refractivity contribution >= 4 is 0 Å². The molecule has 4 atom stereocenters. The Balaban J connectivity index is 1.50. The Kier molecular flexibility index (Phi) is 4.28. The van der Waals surface area contributed by atoms with Gasteiger partial charge in [0.15, 0.2) is 0 Å². The average Bonchev–Trinajstić information content (AvgIpc) is 3.20. The maximum Gasteiger partial charge on any atom is 0.00952 e. The smallest absolute Gasteiger partial charge is 0.00952 e. The zero-order valence-corrected chi connectivity index (χ0v) is 12.2. The molecule has 104 valence electrons. The molecular formula is C17H31N. The molecule has 0 aromatic carbocycles. The van der Waals surface area contributed by atoms with Gasteiger partial charge in [-0.25, -0.2) is 0 Å². The molecule has 1 nitrogen and oxygen atoms in total. The molecule has 3 aliphatic carbocycles. The van der Waals surface area contributed by atoms with E-state index in [1.807, 2.05) is 0 Å². The minimum Gasteiger partial charge on any atom is -0.311 e. The summed E-state index contributed by atoms with van der Waals surface area (Å²) in [6, 6.07) is 1.69. The molecule has 0 bridgehead atoms. The SMILES string of the molecule is CC1CCCCCC1NC1CCCC(C2CC2)C1. The highest BCUT2D eigenvalue weighted by atomic mass is 15.0. The second kappa shape index (κ2) is 5.94. The lowest BCUT2D eigenvalue weighted by molar-refractivity contribution is 0.222. The van der Waals surface area contributed by atoms with E-state index in [9.17, 15) is 0 Å². The third kappa shape index (κ3) is 3.29. The van der Waals surface area contributed by atoms with E-state index >= 15 is 0 Å². The van der Waals surface area contributed by atoms with Gasteiger partial charge in [0.1, 0.15) is 0 Å². The van der Waals surface area contributed by atoms with Crippen molar-refractivity contribution in [3.63, 3.8) is 0 Å². The normalized spacial score (nSPS) is 42.5. The van der Waals surface area contributed by atoms with Crippen LogP contribution in [0.25, 0.3) is 0 Å². The van der Waals surface area contributed by atoms with E-state index in [1.165, 1.54) is 70.6 Å². The van der Waals surface area contributed by atoms with E-state index in [2.05, 4.69) is 12.2 Å². The van der Waals surface area contributed by atoms with Crippen molar-refractivity contribution in [2.75, 3.05) is 0 Å². The van der Waals surface area contributed by atoms with Crippen LogP contribution in [0.3, 0.4) is 0 Å². The van der Waals surface area contributed by atoms with E-state index in [1.54, 1.807) is 0 Å². The lowest BCUT2D eigenvalue weighted by atomic mass is 9.82. The molecule has 0 heterocycles. The van der Waals surface area contributed by atoms with Gasteiger partial charge in [0.2, 0.25) is 0 Å². The van der Waals surface area contributed by atoms with Crippen molar-refractivity contribution in [1.29, 1.82) is 0 Å². The van der Waals surface area contributed by atoms with Crippen molar-refractivity contribution in [3.8, 4) is 0 Å². The Morgan fingerprint density at radius 3 is 2.39 bits per heavy atom. The first-order chi connectivity index (χ1) is 8.83. The Bertz CT molecular complexity index is 258. The summed E-state index contributed by atoms with van der Waals surface area (Å²) in [5.74, 6) is 3.12. The topological polar surface area (TPSA) is 12.0 Å². The quantitative estimate of drug-likeness (QED) is 0.725. The fraction of sp³-hybridized carbons (Fsp3) is 1.00. The third-order valence-electron chi connectivity index (χ3n) is 5.81. The Hall–Kier alpha value is -0.0400. The minimum atomic E-state index is 0.829. The molecule has 3 saturated carbocycles. The summed E-state index contributed by atoms with van der Waals surface area (Å²) >= 11 is 0. The molecule has 0 aliphatic heterocycles. The molecule has 4 unspecified atom stereocenters. The third-order valence-corrected chi connectivity index (χ3v) is 5.81. The lowest BCUT2D eigenvalue weighted by Crippen LogP contribution is -2.44. The van der Waals surface area contributed by atoms with E-state index < -0.39 is 0 Å². The molecule has 3 rings (SSSR count). The van der Waals surface area contributed by atoms with Crippen molar-refractivity contribution in [2.45, 2.75) is 89.6 Å². The van der Waals surface area contributed by atoms with Crippen LogP contribution in [0.4, 0.5) is 0 Å². The summed E-state index contributed by atoms with van der Waals surface area (Å²) in [7, 11) is 0. The Morgan fingerprint density at radius 1 is 0.722 bits per heavy atom. The van der Waals surface area contributed by atoms with Crippen LogP contribution in [-0.2, 0) is 0 Å². The molecule has 0 aromatic heterocycles. The highest BCUT2D eigenvalue weighted by molar-refractivity contribution is 4.90. The van der Waals surface area contributed by atoms with Crippen LogP contribution in [0.15, 0.2) is 0 Å². The monoisotopic (exact) mass is 249 g/mol. The summed E-state index contributed by atoms with van der Waals surface area (Å²) in [4.78, 5) is 0.